The second-order valence-corrected chi connectivity index (χ2v) is 4.96. The number of carbonyl (C=O) groups excluding carboxylic acids is 1. The van der Waals surface area contributed by atoms with Crippen LogP contribution in [-0.4, -0.2) is 33.5 Å². The van der Waals surface area contributed by atoms with Crippen molar-refractivity contribution < 1.29 is 14.6 Å². The lowest BCUT2D eigenvalue weighted by atomic mass is 9.90. The Kier molecular flexibility index (Phi) is 4.43. The van der Waals surface area contributed by atoms with Crippen LogP contribution < -0.4 is 0 Å². The highest BCUT2D eigenvalue weighted by atomic mass is 16.6. The molecule has 0 aromatic rings. The maximum absolute atomic E-state index is 11.6. The molecule has 94 valence electrons. The molecule has 0 unspecified atom stereocenters. The molecule has 0 aromatic carbocycles. The molecule has 16 heavy (non-hydrogen) atoms. The van der Waals surface area contributed by atoms with Crippen LogP contribution >= 0.6 is 0 Å². The molecule has 1 amide bonds. The van der Waals surface area contributed by atoms with Gasteiger partial charge in [-0.25, -0.2) is 4.79 Å². The third kappa shape index (κ3) is 3.44. The Hall–Kier alpha value is -1.17. The third-order valence-corrected chi connectivity index (χ3v) is 2.58. The highest BCUT2D eigenvalue weighted by molar-refractivity contribution is 5.68. The zero-order chi connectivity index (χ0) is 13.1. The van der Waals surface area contributed by atoms with Gasteiger partial charge in [-0.1, -0.05) is 0 Å². The second kappa shape index (κ2) is 4.78. The molecule has 0 aromatic heterocycles. The number of amides is 1. The smallest absolute Gasteiger partial charge is 0.433 e. The first-order valence-corrected chi connectivity index (χ1v) is 5.11. The summed E-state index contributed by atoms with van der Waals surface area (Å²) in [4.78, 5) is 22.0. The summed E-state index contributed by atoms with van der Waals surface area (Å²) >= 11 is 0. The van der Waals surface area contributed by atoms with Gasteiger partial charge in [0.15, 0.2) is 0 Å². The Morgan fingerprint density at radius 3 is 2.00 bits per heavy atom. The highest BCUT2D eigenvalue weighted by Gasteiger charge is 2.40. The van der Waals surface area contributed by atoms with E-state index >= 15 is 0 Å². The Morgan fingerprint density at radius 1 is 1.31 bits per heavy atom. The van der Waals surface area contributed by atoms with Gasteiger partial charge in [0.1, 0.15) is 5.60 Å². The summed E-state index contributed by atoms with van der Waals surface area (Å²) in [5.74, 6) is 0. The molecule has 0 fully saturated rings. The molecular weight excluding hydrogens is 212 g/mol. The van der Waals surface area contributed by atoms with Crippen LogP contribution in [0, 0.1) is 4.91 Å². The summed E-state index contributed by atoms with van der Waals surface area (Å²) in [7, 11) is 0. The fraction of sp³-hybridized carbons (Fsp3) is 0.900. The number of rotatable bonds is 4. The van der Waals surface area contributed by atoms with Gasteiger partial charge in [0.2, 0.25) is 0 Å². The summed E-state index contributed by atoms with van der Waals surface area (Å²) in [6.45, 7) is 9.45. The normalized spacial score (nSPS) is 12.5. The molecule has 1 N–H and O–H groups in total. The van der Waals surface area contributed by atoms with E-state index in [-0.39, 0.29) is 6.04 Å². The minimum absolute atomic E-state index is 0.386. The molecule has 0 heterocycles. The summed E-state index contributed by atoms with van der Waals surface area (Å²) in [5, 5.41) is 13.1. The lowest BCUT2D eigenvalue weighted by Gasteiger charge is -2.37. The first-order chi connectivity index (χ1) is 7.03. The Bertz CT molecular complexity index is 268. The van der Waals surface area contributed by atoms with Crippen LogP contribution in [0.1, 0.15) is 41.5 Å². The average molecular weight is 232 g/mol. The zero-order valence-electron chi connectivity index (χ0n) is 10.6. The van der Waals surface area contributed by atoms with Gasteiger partial charge in [0.25, 0.3) is 0 Å². The first-order valence-electron chi connectivity index (χ1n) is 5.11. The van der Waals surface area contributed by atoms with Gasteiger partial charge in [-0.2, -0.15) is 5.01 Å². The fourth-order valence-electron chi connectivity index (χ4n) is 0.728. The van der Waals surface area contributed by atoms with Crippen LogP contribution in [0.15, 0.2) is 5.29 Å². The standard InChI is InChI=1S/C10H20N2O4/c1-7(2)12(11-15)8(13)16-10(5,6)9(3,4)14/h7,14H,1-6H3. The molecule has 0 aliphatic rings. The second-order valence-electron chi connectivity index (χ2n) is 4.96. The topological polar surface area (TPSA) is 79.2 Å². The SMILES string of the molecule is CC(C)N(N=O)C(=O)OC(C)(C)C(C)(C)O. The van der Waals surface area contributed by atoms with Crippen molar-refractivity contribution in [1.29, 1.82) is 0 Å². The third-order valence-electron chi connectivity index (χ3n) is 2.58. The molecule has 0 atom stereocenters. The van der Waals surface area contributed by atoms with Gasteiger partial charge in [0.05, 0.1) is 16.9 Å². The monoisotopic (exact) mass is 232 g/mol. The zero-order valence-corrected chi connectivity index (χ0v) is 10.6. The summed E-state index contributed by atoms with van der Waals surface area (Å²) in [6.07, 6.45) is -0.864. The van der Waals surface area contributed by atoms with Crippen molar-refractivity contribution in [1.82, 2.24) is 5.01 Å². The summed E-state index contributed by atoms with van der Waals surface area (Å²) in [5.41, 5.74) is -2.32. The van der Waals surface area contributed by atoms with E-state index in [1.807, 2.05) is 0 Å². The molecule has 0 aliphatic carbocycles. The number of nitrogens with zero attached hydrogens (tertiary/aromatic N) is 2. The summed E-state index contributed by atoms with van der Waals surface area (Å²) < 4.78 is 5.06. The lowest BCUT2D eigenvalue weighted by Crippen LogP contribution is -2.50. The maximum atomic E-state index is 11.6. The van der Waals surface area contributed by atoms with Crippen molar-refractivity contribution >= 4 is 6.09 Å². The Balaban J connectivity index is 4.74. The van der Waals surface area contributed by atoms with Gasteiger partial charge < -0.3 is 9.84 Å². The molecule has 6 nitrogen and oxygen atoms in total. The minimum atomic E-state index is -1.21. The lowest BCUT2D eigenvalue weighted by molar-refractivity contribution is -0.120. The van der Waals surface area contributed by atoms with E-state index in [0.29, 0.717) is 5.01 Å². The Labute approximate surface area is 95.5 Å². The largest absolute Gasteiger partial charge is 0.439 e. The van der Waals surface area contributed by atoms with Crippen LogP contribution in [0.25, 0.3) is 0 Å². The predicted molar refractivity (Wildman–Crippen MR) is 59.6 cm³/mol. The van der Waals surface area contributed by atoms with E-state index in [1.165, 1.54) is 13.8 Å². The molecule has 0 saturated carbocycles. The molecule has 0 spiro atoms. The fourth-order valence-corrected chi connectivity index (χ4v) is 0.728. The van der Waals surface area contributed by atoms with Gasteiger partial charge >= 0.3 is 6.09 Å². The van der Waals surface area contributed by atoms with Crippen LogP contribution in [0.4, 0.5) is 4.79 Å². The van der Waals surface area contributed by atoms with Crippen molar-refractivity contribution in [2.75, 3.05) is 0 Å². The van der Waals surface area contributed by atoms with Crippen LogP contribution in [-0.2, 0) is 4.74 Å². The van der Waals surface area contributed by atoms with Crippen LogP contribution in [0.2, 0.25) is 0 Å². The van der Waals surface area contributed by atoms with Gasteiger partial charge in [-0.3, -0.25) is 0 Å². The first kappa shape index (κ1) is 14.8. The Morgan fingerprint density at radius 2 is 1.75 bits per heavy atom. The van der Waals surface area contributed by atoms with Gasteiger partial charge in [-0.05, 0) is 41.5 Å². The number of carbonyl (C=O) groups is 1. The van der Waals surface area contributed by atoms with Crippen molar-refractivity contribution in [3.05, 3.63) is 4.91 Å². The average Bonchev–Trinajstić information content (AvgIpc) is 2.00. The van der Waals surface area contributed by atoms with E-state index in [4.69, 9.17) is 4.74 Å². The summed E-state index contributed by atoms with van der Waals surface area (Å²) in [6, 6.07) is -0.386. The van der Waals surface area contributed by atoms with Crippen molar-refractivity contribution in [2.24, 2.45) is 5.29 Å². The minimum Gasteiger partial charge on any atom is -0.439 e. The number of aliphatic hydroxyl groups is 1. The van der Waals surface area contributed by atoms with Crippen molar-refractivity contribution in [3.63, 3.8) is 0 Å². The number of ether oxygens (including phenoxy) is 1. The van der Waals surface area contributed by atoms with Gasteiger partial charge in [0, 0.05) is 0 Å². The van der Waals surface area contributed by atoms with Crippen LogP contribution in [0.5, 0.6) is 0 Å². The van der Waals surface area contributed by atoms with E-state index in [9.17, 15) is 14.8 Å². The number of nitroso groups, excluding NO2 is 1. The number of hydrogen-bond donors (Lipinski definition) is 1. The predicted octanol–water partition coefficient (Wildman–Crippen LogP) is 2.06. The molecule has 0 radical (unpaired) electrons. The molecule has 6 heteroatoms. The van der Waals surface area contributed by atoms with E-state index in [1.54, 1.807) is 27.7 Å². The van der Waals surface area contributed by atoms with E-state index in [2.05, 4.69) is 5.29 Å². The van der Waals surface area contributed by atoms with E-state index < -0.39 is 17.3 Å². The quantitative estimate of drug-likeness (QED) is 0.594. The molecular formula is C10H20N2O4. The van der Waals surface area contributed by atoms with Crippen molar-refractivity contribution in [3.8, 4) is 0 Å². The molecule has 0 bridgehead atoms. The van der Waals surface area contributed by atoms with Gasteiger partial charge in [-0.15, -0.1) is 4.91 Å². The molecule has 0 saturated heterocycles. The van der Waals surface area contributed by atoms with E-state index in [0.717, 1.165) is 0 Å². The van der Waals surface area contributed by atoms with Crippen molar-refractivity contribution in [2.45, 2.75) is 58.8 Å². The number of hydrogen-bond acceptors (Lipinski definition) is 5. The molecule has 0 rings (SSSR count). The maximum Gasteiger partial charge on any atom is 0.433 e. The molecule has 0 aliphatic heterocycles. The van der Waals surface area contributed by atoms with Crippen LogP contribution in [0.3, 0.4) is 0 Å². The highest BCUT2D eigenvalue weighted by Crippen LogP contribution is 2.26.